The Kier molecular flexibility index (Phi) is 5.24. The third-order valence-corrected chi connectivity index (χ3v) is 5.47. The van der Waals surface area contributed by atoms with Gasteiger partial charge in [0.1, 0.15) is 6.61 Å². The summed E-state index contributed by atoms with van der Waals surface area (Å²) in [6, 6.07) is 9.74. The number of likely N-dealkylation sites (tertiary alicyclic amines) is 1. The average Bonchev–Trinajstić information content (AvgIpc) is 3.00. The van der Waals surface area contributed by atoms with Crippen LogP contribution >= 0.6 is 15.9 Å². The molecule has 2 aliphatic rings. The van der Waals surface area contributed by atoms with Crippen molar-refractivity contribution in [2.45, 2.75) is 43.8 Å². The molecule has 1 aromatic carbocycles. The molecule has 3 atom stereocenters. The van der Waals surface area contributed by atoms with E-state index in [1.54, 1.807) is 12.0 Å². The van der Waals surface area contributed by atoms with Crippen LogP contribution in [0.25, 0.3) is 0 Å². The number of alkyl halides is 1. The van der Waals surface area contributed by atoms with E-state index in [4.69, 9.17) is 14.2 Å². The van der Waals surface area contributed by atoms with Gasteiger partial charge >= 0.3 is 6.09 Å². The molecule has 1 amide bonds. The van der Waals surface area contributed by atoms with E-state index in [0.29, 0.717) is 24.9 Å². The number of carbonyl (C=O) groups is 1. The third kappa shape index (κ3) is 3.54. The molecule has 23 heavy (non-hydrogen) atoms. The standard InChI is InChI=1S/C17H22BrNO4/c1-21-17(12-18)10-14-15(23-17)8-5-9-19(14)16(20)22-11-13-6-3-2-4-7-13/h2-4,6-7,14-15H,5,8-12H2,1H3. The molecule has 0 N–H and O–H groups in total. The van der Waals surface area contributed by atoms with Gasteiger partial charge in [-0.15, -0.1) is 0 Å². The monoisotopic (exact) mass is 383 g/mol. The van der Waals surface area contributed by atoms with E-state index in [0.717, 1.165) is 18.4 Å². The minimum absolute atomic E-state index is 0.0181. The van der Waals surface area contributed by atoms with Gasteiger partial charge in [0, 0.05) is 20.1 Å². The Morgan fingerprint density at radius 2 is 2.22 bits per heavy atom. The molecule has 5 nitrogen and oxygen atoms in total. The molecule has 2 fully saturated rings. The minimum Gasteiger partial charge on any atom is -0.445 e. The number of fused-ring (bicyclic) bond motifs is 1. The first-order chi connectivity index (χ1) is 11.2. The number of amides is 1. The first-order valence-electron chi connectivity index (χ1n) is 7.94. The van der Waals surface area contributed by atoms with E-state index < -0.39 is 5.79 Å². The second-order valence-corrected chi connectivity index (χ2v) is 6.61. The summed E-state index contributed by atoms with van der Waals surface area (Å²) < 4.78 is 17.1. The highest BCUT2D eigenvalue weighted by Gasteiger charge is 2.51. The zero-order valence-corrected chi connectivity index (χ0v) is 14.8. The number of rotatable bonds is 4. The molecule has 2 aliphatic heterocycles. The number of nitrogens with zero attached hydrogens (tertiary/aromatic N) is 1. The molecule has 6 heteroatoms. The largest absolute Gasteiger partial charge is 0.445 e. The second-order valence-electron chi connectivity index (χ2n) is 6.05. The van der Waals surface area contributed by atoms with Gasteiger partial charge in [0.05, 0.1) is 17.5 Å². The topological polar surface area (TPSA) is 48.0 Å². The predicted molar refractivity (Wildman–Crippen MR) is 89.4 cm³/mol. The van der Waals surface area contributed by atoms with Crippen molar-refractivity contribution in [3.63, 3.8) is 0 Å². The maximum atomic E-state index is 12.5. The first-order valence-corrected chi connectivity index (χ1v) is 9.06. The van der Waals surface area contributed by atoms with Crippen molar-refractivity contribution in [3.05, 3.63) is 35.9 Å². The molecular weight excluding hydrogens is 362 g/mol. The molecule has 126 valence electrons. The van der Waals surface area contributed by atoms with Crippen molar-refractivity contribution in [1.29, 1.82) is 0 Å². The van der Waals surface area contributed by atoms with Gasteiger partial charge in [-0.1, -0.05) is 46.3 Å². The van der Waals surface area contributed by atoms with Gasteiger partial charge in [-0.3, -0.25) is 0 Å². The average molecular weight is 384 g/mol. The lowest BCUT2D eigenvalue weighted by atomic mass is 9.97. The highest BCUT2D eigenvalue weighted by Crippen LogP contribution is 2.40. The Labute approximate surface area is 145 Å². The Hall–Kier alpha value is -1.11. The number of halogens is 1. The zero-order chi connectivity index (χ0) is 16.3. The van der Waals surface area contributed by atoms with Gasteiger partial charge in [-0.05, 0) is 18.4 Å². The van der Waals surface area contributed by atoms with E-state index in [1.165, 1.54) is 0 Å². The molecule has 0 saturated carbocycles. The van der Waals surface area contributed by atoms with Gasteiger partial charge < -0.3 is 19.1 Å². The number of hydrogen-bond acceptors (Lipinski definition) is 4. The van der Waals surface area contributed by atoms with Gasteiger partial charge in [0.2, 0.25) is 0 Å². The smallest absolute Gasteiger partial charge is 0.410 e. The first kappa shape index (κ1) is 16.7. The van der Waals surface area contributed by atoms with Gasteiger partial charge in [0.15, 0.2) is 5.79 Å². The summed E-state index contributed by atoms with van der Waals surface area (Å²) in [4.78, 5) is 14.3. The molecule has 0 aromatic heterocycles. The fourth-order valence-electron chi connectivity index (χ4n) is 3.34. The van der Waals surface area contributed by atoms with Crippen LogP contribution in [0, 0.1) is 0 Å². The Morgan fingerprint density at radius 3 is 2.91 bits per heavy atom. The van der Waals surface area contributed by atoms with Gasteiger partial charge in [-0.25, -0.2) is 4.79 Å². The van der Waals surface area contributed by atoms with E-state index in [9.17, 15) is 4.79 Å². The molecule has 0 aliphatic carbocycles. The molecule has 3 unspecified atom stereocenters. The van der Waals surface area contributed by atoms with Crippen molar-refractivity contribution < 1.29 is 19.0 Å². The van der Waals surface area contributed by atoms with E-state index in [-0.39, 0.29) is 18.2 Å². The number of hydrogen-bond donors (Lipinski definition) is 0. The van der Waals surface area contributed by atoms with Crippen LogP contribution in [-0.4, -0.2) is 47.9 Å². The van der Waals surface area contributed by atoms with Crippen molar-refractivity contribution in [2.75, 3.05) is 19.0 Å². The number of piperidine rings is 1. The Balaban J connectivity index is 1.64. The van der Waals surface area contributed by atoms with E-state index in [1.807, 2.05) is 30.3 Å². The van der Waals surface area contributed by atoms with Crippen LogP contribution in [0.1, 0.15) is 24.8 Å². The number of ether oxygens (including phenoxy) is 3. The molecule has 2 saturated heterocycles. The molecule has 2 heterocycles. The van der Waals surface area contributed by atoms with Crippen LogP contribution in [0.4, 0.5) is 4.79 Å². The maximum Gasteiger partial charge on any atom is 0.410 e. The van der Waals surface area contributed by atoms with Crippen LogP contribution < -0.4 is 0 Å². The summed E-state index contributed by atoms with van der Waals surface area (Å²) in [7, 11) is 1.65. The normalized spacial score (nSPS) is 30.1. The lowest BCUT2D eigenvalue weighted by molar-refractivity contribution is -0.196. The van der Waals surface area contributed by atoms with Crippen LogP contribution in [0.5, 0.6) is 0 Å². The number of methoxy groups -OCH3 is 1. The summed E-state index contributed by atoms with van der Waals surface area (Å²) in [5.41, 5.74) is 0.990. The fraction of sp³-hybridized carbons (Fsp3) is 0.588. The van der Waals surface area contributed by atoms with Gasteiger partial charge in [-0.2, -0.15) is 0 Å². The van der Waals surface area contributed by atoms with Crippen LogP contribution in [0.15, 0.2) is 30.3 Å². The summed E-state index contributed by atoms with van der Waals surface area (Å²) in [5, 5.41) is 0.594. The summed E-state index contributed by atoms with van der Waals surface area (Å²) in [5.74, 6) is -0.641. The molecule has 1 aromatic rings. The SMILES string of the molecule is COC1(CBr)CC2C(CCCN2C(=O)OCc2ccccc2)O1. The minimum atomic E-state index is -0.641. The van der Waals surface area contributed by atoms with Crippen LogP contribution in [-0.2, 0) is 20.8 Å². The lowest BCUT2D eigenvalue weighted by Crippen LogP contribution is -2.49. The summed E-state index contributed by atoms with van der Waals surface area (Å²) in [6.45, 7) is 1.00. The number of benzene rings is 1. The van der Waals surface area contributed by atoms with Crippen molar-refractivity contribution in [3.8, 4) is 0 Å². The molecule has 0 bridgehead atoms. The summed E-state index contributed by atoms with van der Waals surface area (Å²) in [6.07, 6.45) is 2.29. The molecular formula is C17H22BrNO4. The lowest BCUT2D eigenvalue weighted by Gasteiger charge is -2.35. The van der Waals surface area contributed by atoms with Crippen LogP contribution in [0.2, 0.25) is 0 Å². The quantitative estimate of drug-likeness (QED) is 0.748. The van der Waals surface area contributed by atoms with Crippen molar-refractivity contribution >= 4 is 22.0 Å². The van der Waals surface area contributed by atoms with Crippen LogP contribution in [0.3, 0.4) is 0 Å². The van der Waals surface area contributed by atoms with Gasteiger partial charge in [0.25, 0.3) is 0 Å². The van der Waals surface area contributed by atoms with E-state index in [2.05, 4.69) is 15.9 Å². The predicted octanol–water partition coefficient (Wildman–Crippen LogP) is 3.31. The molecule has 0 radical (unpaired) electrons. The fourth-order valence-corrected chi connectivity index (χ4v) is 3.93. The number of carbonyl (C=O) groups excluding carboxylic acids is 1. The third-order valence-electron chi connectivity index (χ3n) is 4.62. The molecule has 0 spiro atoms. The second kappa shape index (κ2) is 7.20. The van der Waals surface area contributed by atoms with Crippen molar-refractivity contribution in [1.82, 2.24) is 4.90 Å². The highest BCUT2D eigenvalue weighted by molar-refractivity contribution is 9.09. The Bertz CT molecular complexity index is 535. The zero-order valence-electron chi connectivity index (χ0n) is 13.2. The van der Waals surface area contributed by atoms with Crippen molar-refractivity contribution in [2.24, 2.45) is 0 Å². The highest BCUT2D eigenvalue weighted by atomic mass is 79.9. The summed E-state index contributed by atoms with van der Waals surface area (Å²) >= 11 is 3.46. The Morgan fingerprint density at radius 1 is 1.43 bits per heavy atom. The van der Waals surface area contributed by atoms with E-state index >= 15 is 0 Å². The molecule has 3 rings (SSSR count). The maximum absolute atomic E-state index is 12.5.